The van der Waals surface area contributed by atoms with Crippen LogP contribution in [0, 0.1) is 0 Å². The lowest BCUT2D eigenvalue weighted by molar-refractivity contribution is -0.138. The fourth-order valence-corrected chi connectivity index (χ4v) is 5.55. The number of thioether (sulfide) groups is 1. The number of ether oxygens (including phenoxy) is 2. The van der Waals surface area contributed by atoms with Crippen LogP contribution in [0.4, 0.5) is 0 Å². The first kappa shape index (κ1) is 26.1. The van der Waals surface area contributed by atoms with E-state index in [-0.39, 0.29) is 17.7 Å². The van der Waals surface area contributed by atoms with Crippen molar-refractivity contribution in [3.05, 3.63) is 88.3 Å². The Morgan fingerprint density at radius 1 is 1.03 bits per heavy atom. The summed E-state index contributed by atoms with van der Waals surface area (Å²) in [5.74, 6) is 1.68. The number of hydrogen-bond donors (Lipinski definition) is 1. The Morgan fingerprint density at radius 3 is 2.53 bits per heavy atom. The molecule has 1 aliphatic carbocycles. The molecule has 190 valence electrons. The Kier molecular flexibility index (Phi) is 8.92. The summed E-state index contributed by atoms with van der Waals surface area (Å²) in [7, 11) is 0. The maximum atomic E-state index is 13.8. The highest BCUT2D eigenvalue weighted by molar-refractivity contribution is 7.99. The third kappa shape index (κ3) is 5.70. The number of dihydropyridines is 1. The Balaban J connectivity index is 1.75. The first-order chi connectivity index (χ1) is 17.5. The topological polar surface area (TPSA) is 64.6 Å². The van der Waals surface area contributed by atoms with E-state index >= 15 is 0 Å². The Labute approximate surface area is 218 Å². The number of benzene rings is 2. The van der Waals surface area contributed by atoms with Crippen LogP contribution in [-0.2, 0) is 14.3 Å². The number of allylic oxidation sites excluding steroid dienone is 3. The molecule has 36 heavy (non-hydrogen) atoms. The molecule has 0 radical (unpaired) electrons. The molecule has 4 rings (SSSR count). The molecule has 6 heteroatoms. The van der Waals surface area contributed by atoms with E-state index in [4.69, 9.17) is 9.47 Å². The van der Waals surface area contributed by atoms with Crippen molar-refractivity contribution in [3.63, 3.8) is 0 Å². The van der Waals surface area contributed by atoms with E-state index in [1.54, 1.807) is 11.8 Å². The van der Waals surface area contributed by atoms with Gasteiger partial charge in [-0.15, -0.1) is 0 Å². The monoisotopic (exact) mass is 505 g/mol. The number of carbonyl (C=O) groups excluding carboxylic acids is 2. The van der Waals surface area contributed by atoms with Crippen LogP contribution in [0.5, 0.6) is 5.75 Å². The summed E-state index contributed by atoms with van der Waals surface area (Å²) in [6, 6.07) is 17.9. The normalized spacial score (nSPS) is 19.6. The zero-order chi connectivity index (χ0) is 25.5. The van der Waals surface area contributed by atoms with Gasteiger partial charge in [-0.1, -0.05) is 62.4 Å². The molecular weight excluding hydrogens is 470 g/mol. The van der Waals surface area contributed by atoms with Crippen LogP contribution < -0.4 is 10.1 Å². The first-order valence-electron chi connectivity index (χ1n) is 12.8. The predicted molar refractivity (Wildman–Crippen MR) is 145 cm³/mol. The number of rotatable bonds is 10. The quantitative estimate of drug-likeness (QED) is 0.309. The van der Waals surface area contributed by atoms with Gasteiger partial charge in [0.15, 0.2) is 5.78 Å². The minimum absolute atomic E-state index is 0.0623. The van der Waals surface area contributed by atoms with E-state index in [0.29, 0.717) is 43.0 Å². The van der Waals surface area contributed by atoms with Gasteiger partial charge in [0.1, 0.15) is 12.4 Å². The molecule has 0 amide bonds. The third-order valence-corrected chi connectivity index (χ3v) is 7.54. The van der Waals surface area contributed by atoms with Gasteiger partial charge in [0.2, 0.25) is 0 Å². The van der Waals surface area contributed by atoms with Crippen LogP contribution in [0.25, 0.3) is 0 Å². The van der Waals surface area contributed by atoms with Gasteiger partial charge in [0.05, 0.1) is 18.1 Å². The highest BCUT2D eigenvalue weighted by Crippen LogP contribution is 2.47. The van der Waals surface area contributed by atoms with Gasteiger partial charge in [-0.3, -0.25) is 4.79 Å². The summed E-state index contributed by atoms with van der Waals surface area (Å²) < 4.78 is 11.8. The van der Waals surface area contributed by atoms with Crippen molar-refractivity contribution in [2.45, 2.75) is 51.9 Å². The van der Waals surface area contributed by atoms with Gasteiger partial charge in [0, 0.05) is 34.7 Å². The summed E-state index contributed by atoms with van der Waals surface area (Å²) in [4.78, 5) is 27.2. The van der Waals surface area contributed by atoms with Crippen molar-refractivity contribution in [2.75, 3.05) is 24.7 Å². The molecule has 2 aromatic rings. The molecule has 1 aliphatic heterocycles. The van der Waals surface area contributed by atoms with E-state index in [0.717, 1.165) is 40.4 Å². The lowest BCUT2D eigenvalue weighted by atomic mass is 9.71. The molecule has 0 saturated carbocycles. The Morgan fingerprint density at radius 2 is 1.78 bits per heavy atom. The molecule has 0 spiro atoms. The van der Waals surface area contributed by atoms with E-state index in [1.165, 1.54) is 0 Å². The van der Waals surface area contributed by atoms with Gasteiger partial charge in [0.25, 0.3) is 0 Å². The molecule has 2 aromatic carbocycles. The predicted octanol–water partition coefficient (Wildman–Crippen LogP) is 6.13. The van der Waals surface area contributed by atoms with Crippen LogP contribution in [-0.4, -0.2) is 36.5 Å². The molecule has 0 saturated heterocycles. The minimum Gasteiger partial charge on any atom is -0.493 e. The summed E-state index contributed by atoms with van der Waals surface area (Å²) >= 11 is 1.73. The smallest absolute Gasteiger partial charge is 0.336 e. The highest BCUT2D eigenvalue weighted by Gasteiger charge is 2.42. The minimum atomic E-state index is -0.523. The molecule has 5 nitrogen and oxygen atoms in total. The summed E-state index contributed by atoms with van der Waals surface area (Å²) in [6.07, 6.45) is 1.99. The molecule has 0 fully saturated rings. The second kappa shape index (κ2) is 12.3. The zero-order valence-corrected chi connectivity index (χ0v) is 22.2. The van der Waals surface area contributed by atoms with Crippen LogP contribution in [0.1, 0.15) is 63.0 Å². The number of esters is 1. The number of para-hydroxylation sites is 1. The van der Waals surface area contributed by atoms with Gasteiger partial charge >= 0.3 is 5.97 Å². The van der Waals surface area contributed by atoms with E-state index in [9.17, 15) is 9.59 Å². The number of ketones is 1. The Hall–Kier alpha value is -2.99. The molecule has 1 N–H and O–H groups in total. The molecular formula is C30H35NO4S. The van der Waals surface area contributed by atoms with E-state index < -0.39 is 5.92 Å². The van der Waals surface area contributed by atoms with Crippen LogP contribution in [0.3, 0.4) is 0 Å². The molecule has 0 bridgehead atoms. The summed E-state index contributed by atoms with van der Waals surface area (Å²) in [5, 5.41) is 3.43. The van der Waals surface area contributed by atoms with E-state index in [1.807, 2.05) is 49.4 Å². The fourth-order valence-electron chi connectivity index (χ4n) is 5.06. The number of nitrogens with one attached hydrogen (secondary N) is 1. The number of Topliss-reactive ketones (excluding diaryl/α,β-unsaturated/α-hetero) is 1. The van der Waals surface area contributed by atoms with Crippen molar-refractivity contribution >= 4 is 23.5 Å². The largest absolute Gasteiger partial charge is 0.493 e. The summed E-state index contributed by atoms with van der Waals surface area (Å²) in [5.41, 5.74) is 4.78. The molecule has 0 unspecified atom stereocenters. The van der Waals surface area contributed by atoms with Crippen LogP contribution in [0.2, 0.25) is 0 Å². The van der Waals surface area contributed by atoms with Crippen molar-refractivity contribution in [2.24, 2.45) is 0 Å². The second-order valence-electron chi connectivity index (χ2n) is 9.15. The van der Waals surface area contributed by atoms with Gasteiger partial charge < -0.3 is 14.8 Å². The SMILES string of the molecule is CCCOc1ccccc1[C@H]1C(C(=O)OCCSCC)=C(C)NC2=C1C(=O)C[C@H](c1ccccc1)C2. The zero-order valence-electron chi connectivity index (χ0n) is 21.3. The maximum absolute atomic E-state index is 13.8. The average molecular weight is 506 g/mol. The number of hydrogen-bond acceptors (Lipinski definition) is 6. The molecule has 2 atom stereocenters. The maximum Gasteiger partial charge on any atom is 0.336 e. The van der Waals surface area contributed by atoms with Gasteiger partial charge in [-0.25, -0.2) is 4.79 Å². The lowest BCUT2D eigenvalue weighted by Gasteiger charge is -2.37. The molecule has 2 aliphatic rings. The van der Waals surface area contributed by atoms with Crippen molar-refractivity contribution in [1.82, 2.24) is 5.32 Å². The number of carbonyl (C=O) groups is 2. The molecule has 0 aromatic heterocycles. The summed E-state index contributed by atoms with van der Waals surface area (Å²) in [6.45, 7) is 6.95. The van der Waals surface area contributed by atoms with Crippen molar-refractivity contribution < 1.29 is 19.1 Å². The lowest BCUT2D eigenvalue weighted by Crippen LogP contribution is -2.36. The third-order valence-electron chi connectivity index (χ3n) is 6.68. The first-order valence-corrected chi connectivity index (χ1v) is 14.0. The fraction of sp³-hybridized carbons (Fsp3) is 0.400. The van der Waals surface area contributed by atoms with Crippen molar-refractivity contribution in [1.29, 1.82) is 0 Å². The van der Waals surface area contributed by atoms with Gasteiger partial charge in [-0.05, 0) is 43.1 Å². The standard InChI is InChI=1S/C30H35NO4S/c1-4-15-34-26-14-10-9-13-23(26)28-27(30(33)35-16-17-36-5-2)20(3)31-24-18-22(19-25(32)29(24)28)21-11-7-6-8-12-21/h6-14,22,28,31H,4-5,15-19H2,1-3H3/t22-,28+/m1/s1. The Bertz CT molecular complexity index is 1150. The second-order valence-corrected chi connectivity index (χ2v) is 10.5. The van der Waals surface area contributed by atoms with Crippen LogP contribution >= 0.6 is 11.8 Å². The average Bonchev–Trinajstić information content (AvgIpc) is 2.89. The van der Waals surface area contributed by atoms with Gasteiger partial charge in [-0.2, -0.15) is 11.8 Å². The van der Waals surface area contributed by atoms with E-state index in [2.05, 4.69) is 31.3 Å². The van der Waals surface area contributed by atoms with Crippen LogP contribution in [0.15, 0.2) is 77.1 Å². The highest BCUT2D eigenvalue weighted by atomic mass is 32.2. The molecule has 1 heterocycles. The van der Waals surface area contributed by atoms with Crippen molar-refractivity contribution in [3.8, 4) is 5.75 Å².